The average molecular weight is 255 g/mol. The minimum absolute atomic E-state index is 0.217. The molecular weight excluding hydrogens is 238 g/mol. The molecule has 3 N–H and O–H groups in total. The fourth-order valence-corrected chi connectivity index (χ4v) is 1.46. The lowest BCUT2D eigenvalue weighted by Crippen LogP contribution is -2.46. The van der Waals surface area contributed by atoms with Crippen LogP contribution in [0.25, 0.3) is 0 Å². The first-order valence-electron chi connectivity index (χ1n) is 5.66. The maximum atomic E-state index is 11.6. The predicted octanol–water partition coefficient (Wildman–Crippen LogP) is -0.451. The van der Waals surface area contributed by atoms with Gasteiger partial charge < -0.3 is 20.6 Å². The lowest BCUT2D eigenvalue weighted by atomic mass is 10.1. The Morgan fingerprint density at radius 3 is 2.61 bits per heavy atom. The SMILES string of the molecule is CC1=CCN(C(=O)NCC(=O)NCC(=O)O)CC1. The number of urea groups is 1. The quantitative estimate of drug-likeness (QED) is 0.592. The Balaban J connectivity index is 2.25. The van der Waals surface area contributed by atoms with Crippen LogP contribution in [0.15, 0.2) is 11.6 Å². The first-order valence-corrected chi connectivity index (χ1v) is 5.66. The lowest BCUT2D eigenvalue weighted by Gasteiger charge is -2.25. The topological polar surface area (TPSA) is 98.7 Å². The van der Waals surface area contributed by atoms with Crippen LogP contribution in [0.2, 0.25) is 0 Å². The summed E-state index contributed by atoms with van der Waals surface area (Å²) in [6.45, 7) is 2.51. The molecule has 1 heterocycles. The molecule has 0 aliphatic carbocycles. The van der Waals surface area contributed by atoms with Crippen molar-refractivity contribution >= 4 is 17.9 Å². The van der Waals surface area contributed by atoms with Gasteiger partial charge in [-0.05, 0) is 13.3 Å². The highest BCUT2D eigenvalue weighted by Crippen LogP contribution is 2.08. The molecule has 7 heteroatoms. The molecule has 100 valence electrons. The Labute approximate surface area is 105 Å². The molecule has 1 aliphatic heterocycles. The number of carbonyl (C=O) groups excluding carboxylic acids is 2. The van der Waals surface area contributed by atoms with E-state index in [0.717, 1.165) is 6.42 Å². The number of carbonyl (C=O) groups is 3. The number of carboxylic acids is 1. The van der Waals surface area contributed by atoms with Crippen molar-refractivity contribution in [2.75, 3.05) is 26.2 Å². The Kier molecular flexibility index (Phi) is 5.16. The van der Waals surface area contributed by atoms with Crippen LogP contribution in [-0.4, -0.2) is 54.1 Å². The number of hydrogen-bond acceptors (Lipinski definition) is 3. The highest BCUT2D eigenvalue weighted by atomic mass is 16.4. The molecule has 0 saturated heterocycles. The Bertz CT molecular complexity index is 378. The van der Waals surface area contributed by atoms with E-state index >= 15 is 0 Å². The van der Waals surface area contributed by atoms with Crippen molar-refractivity contribution in [1.29, 1.82) is 0 Å². The number of aliphatic carboxylic acids is 1. The van der Waals surface area contributed by atoms with Crippen LogP contribution >= 0.6 is 0 Å². The van der Waals surface area contributed by atoms with E-state index in [2.05, 4.69) is 10.6 Å². The third kappa shape index (κ3) is 4.86. The maximum Gasteiger partial charge on any atom is 0.322 e. The second-order valence-electron chi connectivity index (χ2n) is 4.08. The molecule has 0 saturated carbocycles. The first-order chi connectivity index (χ1) is 8.49. The maximum absolute atomic E-state index is 11.6. The van der Waals surface area contributed by atoms with E-state index in [0.29, 0.717) is 13.1 Å². The fraction of sp³-hybridized carbons (Fsp3) is 0.545. The fourth-order valence-electron chi connectivity index (χ4n) is 1.46. The summed E-state index contributed by atoms with van der Waals surface area (Å²) in [4.78, 5) is 34.6. The second kappa shape index (κ2) is 6.63. The van der Waals surface area contributed by atoms with Crippen molar-refractivity contribution in [2.45, 2.75) is 13.3 Å². The zero-order valence-corrected chi connectivity index (χ0v) is 10.2. The van der Waals surface area contributed by atoms with Crippen molar-refractivity contribution in [2.24, 2.45) is 0 Å². The molecule has 0 unspecified atom stereocenters. The molecule has 18 heavy (non-hydrogen) atoms. The summed E-state index contributed by atoms with van der Waals surface area (Å²) in [7, 11) is 0. The number of nitrogens with zero attached hydrogens (tertiary/aromatic N) is 1. The molecule has 1 aliphatic rings. The van der Waals surface area contributed by atoms with Crippen LogP contribution in [0.1, 0.15) is 13.3 Å². The van der Waals surface area contributed by atoms with Crippen LogP contribution in [-0.2, 0) is 9.59 Å². The van der Waals surface area contributed by atoms with Crippen LogP contribution in [0.5, 0.6) is 0 Å². The third-order valence-electron chi connectivity index (χ3n) is 2.56. The summed E-state index contributed by atoms with van der Waals surface area (Å²) < 4.78 is 0. The molecule has 1 rings (SSSR count). The van der Waals surface area contributed by atoms with E-state index in [-0.39, 0.29) is 12.6 Å². The molecule has 0 atom stereocenters. The molecule has 0 bridgehead atoms. The normalized spacial score (nSPS) is 14.7. The van der Waals surface area contributed by atoms with Gasteiger partial charge >= 0.3 is 12.0 Å². The molecule has 0 aromatic heterocycles. The van der Waals surface area contributed by atoms with Crippen LogP contribution < -0.4 is 10.6 Å². The summed E-state index contributed by atoms with van der Waals surface area (Å²) in [5.74, 6) is -1.64. The number of hydrogen-bond donors (Lipinski definition) is 3. The van der Waals surface area contributed by atoms with Crippen molar-refractivity contribution in [1.82, 2.24) is 15.5 Å². The molecule has 0 fully saturated rings. The minimum atomic E-state index is -1.12. The van der Waals surface area contributed by atoms with E-state index in [1.807, 2.05) is 13.0 Å². The minimum Gasteiger partial charge on any atom is -0.480 e. The summed E-state index contributed by atoms with van der Waals surface area (Å²) >= 11 is 0. The largest absolute Gasteiger partial charge is 0.480 e. The number of nitrogens with one attached hydrogen (secondary N) is 2. The molecule has 0 radical (unpaired) electrons. The highest BCUT2D eigenvalue weighted by molar-refractivity contribution is 5.86. The molecule has 0 spiro atoms. The van der Waals surface area contributed by atoms with Gasteiger partial charge in [0.15, 0.2) is 0 Å². The van der Waals surface area contributed by atoms with E-state index < -0.39 is 18.4 Å². The zero-order valence-electron chi connectivity index (χ0n) is 10.2. The van der Waals surface area contributed by atoms with Gasteiger partial charge in [-0.15, -0.1) is 0 Å². The van der Waals surface area contributed by atoms with Crippen molar-refractivity contribution < 1.29 is 19.5 Å². The van der Waals surface area contributed by atoms with Gasteiger partial charge in [0.05, 0.1) is 6.54 Å². The van der Waals surface area contributed by atoms with E-state index in [4.69, 9.17) is 5.11 Å². The molecule has 0 aromatic carbocycles. The van der Waals surface area contributed by atoms with Crippen molar-refractivity contribution in [3.8, 4) is 0 Å². The van der Waals surface area contributed by atoms with Gasteiger partial charge in [-0.3, -0.25) is 9.59 Å². The smallest absolute Gasteiger partial charge is 0.322 e. The summed E-state index contributed by atoms with van der Waals surface area (Å²) in [6.07, 6.45) is 2.80. The van der Waals surface area contributed by atoms with Crippen LogP contribution in [0.3, 0.4) is 0 Å². The molecule has 7 nitrogen and oxygen atoms in total. The molecular formula is C11H17N3O4. The Morgan fingerprint density at radius 2 is 2.06 bits per heavy atom. The first kappa shape index (κ1) is 14.0. The van der Waals surface area contributed by atoms with Crippen LogP contribution in [0, 0.1) is 0 Å². The van der Waals surface area contributed by atoms with Gasteiger partial charge in [-0.2, -0.15) is 0 Å². The molecule has 0 aromatic rings. The van der Waals surface area contributed by atoms with E-state index in [1.165, 1.54) is 5.57 Å². The third-order valence-corrected chi connectivity index (χ3v) is 2.56. The number of amides is 3. The molecule has 3 amide bonds. The van der Waals surface area contributed by atoms with Gasteiger partial charge in [0, 0.05) is 13.1 Å². The van der Waals surface area contributed by atoms with Gasteiger partial charge in [-0.25, -0.2) is 4.79 Å². The Morgan fingerprint density at radius 1 is 1.33 bits per heavy atom. The number of carboxylic acid groups (broad SMARTS) is 1. The monoisotopic (exact) mass is 255 g/mol. The van der Waals surface area contributed by atoms with Crippen LogP contribution in [0.4, 0.5) is 4.79 Å². The van der Waals surface area contributed by atoms with Gasteiger partial charge in [0.25, 0.3) is 0 Å². The summed E-state index contributed by atoms with van der Waals surface area (Å²) in [5.41, 5.74) is 1.25. The average Bonchev–Trinajstić information content (AvgIpc) is 2.34. The Hall–Kier alpha value is -2.05. The zero-order chi connectivity index (χ0) is 13.5. The summed E-state index contributed by atoms with van der Waals surface area (Å²) in [5, 5.41) is 13.0. The van der Waals surface area contributed by atoms with E-state index in [9.17, 15) is 14.4 Å². The summed E-state index contributed by atoms with van der Waals surface area (Å²) in [6, 6.07) is -0.316. The standard InChI is InChI=1S/C11H17N3O4/c1-8-2-4-14(5-3-8)11(18)13-6-9(15)12-7-10(16)17/h2H,3-7H2,1H3,(H,12,15)(H,13,18)(H,16,17). The van der Waals surface area contributed by atoms with Gasteiger partial charge in [0.2, 0.25) is 5.91 Å². The van der Waals surface area contributed by atoms with E-state index in [1.54, 1.807) is 4.90 Å². The van der Waals surface area contributed by atoms with Gasteiger partial charge in [-0.1, -0.05) is 11.6 Å². The van der Waals surface area contributed by atoms with Crippen molar-refractivity contribution in [3.63, 3.8) is 0 Å². The number of rotatable bonds is 4. The highest BCUT2D eigenvalue weighted by Gasteiger charge is 2.16. The van der Waals surface area contributed by atoms with Gasteiger partial charge in [0.1, 0.15) is 6.54 Å². The van der Waals surface area contributed by atoms with Crippen molar-refractivity contribution in [3.05, 3.63) is 11.6 Å². The lowest BCUT2D eigenvalue weighted by molar-refractivity contribution is -0.137. The predicted molar refractivity (Wildman–Crippen MR) is 64.0 cm³/mol. The second-order valence-corrected chi connectivity index (χ2v) is 4.08.